The number of nitrogens with one attached hydrogen (secondary N) is 2. The first-order chi connectivity index (χ1) is 14.9. The second kappa shape index (κ2) is 10.9. The van der Waals surface area contributed by atoms with Crippen molar-refractivity contribution in [3.63, 3.8) is 0 Å². The number of aromatic nitrogens is 2. The largest absolute Gasteiger partial charge is 0.464 e. The molecule has 1 saturated heterocycles. The summed E-state index contributed by atoms with van der Waals surface area (Å²) in [5.74, 6) is 1.82. The zero-order valence-corrected chi connectivity index (χ0v) is 19.5. The molecule has 8 nitrogen and oxygen atoms in total. The molecule has 170 valence electrons. The second-order valence-corrected chi connectivity index (χ2v) is 9.36. The number of anilines is 2. The summed E-state index contributed by atoms with van der Waals surface area (Å²) < 4.78 is 12.0. The van der Waals surface area contributed by atoms with Gasteiger partial charge < -0.3 is 24.7 Å². The molecule has 3 rings (SSSR count). The van der Waals surface area contributed by atoms with E-state index in [1.54, 1.807) is 17.9 Å². The number of carbonyl (C=O) groups is 2. The lowest BCUT2D eigenvalue weighted by atomic mass is 10.1. The number of carbonyl (C=O) groups excluding carboxylic acids is 2. The smallest absolute Gasteiger partial charge is 0.356 e. The third kappa shape index (κ3) is 5.71. The standard InChI is InChI=1S/C22H32N4O4S/c1-14(2)11-18(27)25-19-17-12-16(24-15-5-9-31-10-6-15)13-23-21(17)26(7-8-29-3)20(19)22(28)30-4/h12-15,24H,5-11H2,1-4H3,(H,25,27). The maximum Gasteiger partial charge on any atom is 0.356 e. The van der Waals surface area contributed by atoms with Crippen LogP contribution in [0, 0.1) is 5.92 Å². The van der Waals surface area contributed by atoms with Gasteiger partial charge in [-0.3, -0.25) is 4.79 Å². The summed E-state index contributed by atoms with van der Waals surface area (Å²) in [6.45, 7) is 4.77. The van der Waals surface area contributed by atoms with E-state index in [0.717, 1.165) is 30.0 Å². The quantitative estimate of drug-likeness (QED) is 0.564. The van der Waals surface area contributed by atoms with Crippen LogP contribution < -0.4 is 10.6 Å². The Morgan fingerprint density at radius 3 is 2.68 bits per heavy atom. The first-order valence-electron chi connectivity index (χ1n) is 10.7. The van der Waals surface area contributed by atoms with E-state index in [1.807, 2.05) is 31.7 Å². The number of hydrogen-bond donors (Lipinski definition) is 2. The van der Waals surface area contributed by atoms with Crippen molar-refractivity contribution in [3.8, 4) is 0 Å². The van der Waals surface area contributed by atoms with Gasteiger partial charge in [-0.05, 0) is 36.3 Å². The van der Waals surface area contributed by atoms with E-state index in [-0.39, 0.29) is 17.5 Å². The molecule has 2 aromatic rings. The fraction of sp³-hybridized carbons (Fsp3) is 0.591. The normalized spacial score (nSPS) is 14.7. The molecule has 2 N–H and O–H groups in total. The summed E-state index contributed by atoms with van der Waals surface area (Å²) in [7, 11) is 2.94. The van der Waals surface area contributed by atoms with E-state index in [4.69, 9.17) is 9.47 Å². The summed E-state index contributed by atoms with van der Waals surface area (Å²) >= 11 is 1.97. The van der Waals surface area contributed by atoms with Crippen LogP contribution in [0.1, 0.15) is 43.6 Å². The van der Waals surface area contributed by atoms with Crippen molar-refractivity contribution in [3.05, 3.63) is 18.0 Å². The van der Waals surface area contributed by atoms with Crippen molar-refractivity contribution in [2.75, 3.05) is 43.0 Å². The van der Waals surface area contributed by atoms with Crippen LogP contribution in [0.4, 0.5) is 11.4 Å². The molecule has 0 saturated carbocycles. The van der Waals surface area contributed by atoms with Crippen LogP contribution in [0.15, 0.2) is 12.3 Å². The minimum absolute atomic E-state index is 0.145. The molecule has 2 aromatic heterocycles. The summed E-state index contributed by atoms with van der Waals surface area (Å²) in [4.78, 5) is 30.0. The predicted octanol–water partition coefficient (Wildman–Crippen LogP) is 3.76. The Morgan fingerprint density at radius 1 is 1.29 bits per heavy atom. The number of ether oxygens (including phenoxy) is 2. The van der Waals surface area contributed by atoms with Crippen LogP contribution in [-0.2, 0) is 20.8 Å². The fourth-order valence-corrected chi connectivity index (χ4v) is 4.89. The molecular weight excluding hydrogens is 416 g/mol. The minimum atomic E-state index is -0.521. The van der Waals surface area contributed by atoms with Crippen molar-refractivity contribution in [1.29, 1.82) is 0 Å². The van der Waals surface area contributed by atoms with E-state index >= 15 is 0 Å². The lowest BCUT2D eigenvalue weighted by Gasteiger charge is -2.23. The SMILES string of the molecule is COCCn1c(C(=O)OC)c(NC(=O)CC(C)C)c2cc(NC3CCSCC3)cnc21. The average Bonchev–Trinajstić information content (AvgIpc) is 3.04. The van der Waals surface area contributed by atoms with Crippen molar-refractivity contribution in [2.24, 2.45) is 5.92 Å². The monoisotopic (exact) mass is 448 g/mol. The molecule has 1 fully saturated rings. The summed E-state index contributed by atoms with van der Waals surface area (Å²) in [6.07, 6.45) is 4.34. The van der Waals surface area contributed by atoms with Gasteiger partial charge in [0.05, 0.1) is 31.3 Å². The Morgan fingerprint density at radius 2 is 2.03 bits per heavy atom. The molecule has 9 heteroatoms. The number of nitrogens with zero attached hydrogens (tertiary/aromatic N) is 2. The number of fused-ring (bicyclic) bond motifs is 1. The highest BCUT2D eigenvalue weighted by Crippen LogP contribution is 2.33. The number of rotatable bonds is 9. The van der Waals surface area contributed by atoms with Gasteiger partial charge in [-0.2, -0.15) is 11.8 Å². The molecule has 1 aliphatic rings. The third-order valence-electron chi connectivity index (χ3n) is 5.25. The van der Waals surface area contributed by atoms with Gasteiger partial charge in [0.1, 0.15) is 5.65 Å². The van der Waals surface area contributed by atoms with Gasteiger partial charge in [0, 0.05) is 31.5 Å². The fourth-order valence-electron chi connectivity index (χ4n) is 3.78. The molecule has 1 amide bonds. The molecule has 31 heavy (non-hydrogen) atoms. The van der Waals surface area contributed by atoms with Crippen LogP contribution >= 0.6 is 11.8 Å². The van der Waals surface area contributed by atoms with Crippen LogP contribution in [0.5, 0.6) is 0 Å². The molecule has 3 heterocycles. The van der Waals surface area contributed by atoms with E-state index in [2.05, 4.69) is 15.6 Å². The van der Waals surface area contributed by atoms with Crippen LogP contribution in [0.3, 0.4) is 0 Å². The number of hydrogen-bond acceptors (Lipinski definition) is 7. The highest BCUT2D eigenvalue weighted by molar-refractivity contribution is 7.99. The van der Waals surface area contributed by atoms with Gasteiger partial charge >= 0.3 is 5.97 Å². The van der Waals surface area contributed by atoms with Gasteiger partial charge in [0.15, 0.2) is 5.69 Å². The number of amides is 1. The Labute approximate surface area is 187 Å². The van der Waals surface area contributed by atoms with Crippen molar-refractivity contribution in [2.45, 2.75) is 45.7 Å². The number of methoxy groups -OCH3 is 2. The highest BCUT2D eigenvalue weighted by Gasteiger charge is 2.26. The Hall–Kier alpha value is -2.26. The van der Waals surface area contributed by atoms with E-state index in [1.165, 1.54) is 7.11 Å². The third-order valence-corrected chi connectivity index (χ3v) is 6.30. The number of thioether (sulfide) groups is 1. The molecule has 0 radical (unpaired) electrons. The molecule has 1 aliphatic heterocycles. The molecule has 0 atom stereocenters. The molecule has 0 aliphatic carbocycles. The molecule has 0 unspecified atom stereocenters. The average molecular weight is 449 g/mol. The molecular formula is C22H32N4O4S. The summed E-state index contributed by atoms with van der Waals surface area (Å²) in [5, 5.41) is 7.23. The van der Waals surface area contributed by atoms with E-state index < -0.39 is 5.97 Å². The molecule has 0 bridgehead atoms. The predicted molar refractivity (Wildman–Crippen MR) is 125 cm³/mol. The van der Waals surface area contributed by atoms with Crippen LogP contribution in [0.25, 0.3) is 11.0 Å². The second-order valence-electron chi connectivity index (χ2n) is 8.13. The zero-order valence-electron chi connectivity index (χ0n) is 18.7. The Balaban J connectivity index is 2.07. The van der Waals surface area contributed by atoms with E-state index in [0.29, 0.717) is 42.3 Å². The van der Waals surface area contributed by atoms with Gasteiger partial charge in [-0.1, -0.05) is 13.8 Å². The topological polar surface area (TPSA) is 94.5 Å². The van der Waals surface area contributed by atoms with Crippen molar-refractivity contribution in [1.82, 2.24) is 9.55 Å². The van der Waals surface area contributed by atoms with Gasteiger partial charge in [-0.25, -0.2) is 9.78 Å². The van der Waals surface area contributed by atoms with Crippen LogP contribution in [-0.4, -0.2) is 59.8 Å². The molecule has 0 spiro atoms. The number of pyridine rings is 1. The first kappa shape index (κ1) is 23.4. The summed E-state index contributed by atoms with van der Waals surface area (Å²) in [5.41, 5.74) is 2.22. The Bertz CT molecular complexity index is 922. The minimum Gasteiger partial charge on any atom is -0.464 e. The van der Waals surface area contributed by atoms with Crippen LogP contribution in [0.2, 0.25) is 0 Å². The summed E-state index contributed by atoms with van der Waals surface area (Å²) in [6, 6.07) is 2.36. The Kier molecular flexibility index (Phi) is 8.20. The molecule has 0 aromatic carbocycles. The van der Waals surface area contributed by atoms with Gasteiger partial charge in [0.2, 0.25) is 5.91 Å². The zero-order chi connectivity index (χ0) is 22.4. The van der Waals surface area contributed by atoms with Crippen molar-refractivity contribution >= 4 is 46.0 Å². The lowest BCUT2D eigenvalue weighted by Crippen LogP contribution is -2.24. The first-order valence-corrected chi connectivity index (χ1v) is 11.8. The van der Waals surface area contributed by atoms with Crippen molar-refractivity contribution < 1.29 is 19.1 Å². The van der Waals surface area contributed by atoms with E-state index in [9.17, 15) is 9.59 Å². The number of esters is 1. The van der Waals surface area contributed by atoms with Gasteiger partial charge in [0.25, 0.3) is 0 Å². The maximum atomic E-state index is 12.7. The van der Waals surface area contributed by atoms with Gasteiger partial charge in [-0.15, -0.1) is 0 Å². The highest BCUT2D eigenvalue weighted by atomic mass is 32.2. The lowest BCUT2D eigenvalue weighted by molar-refractivity contribution is -0.116. The maximum absolute atomic E-state index is 12.7.